The molecular formula is C46H34N4. The van der Waals surface area contributed by atoms with Gasteiger partial charge in [-0.3, -0.25) is 9.98 Å². The summed E-state index contributed by atoms with van der Waals surface area (Å²) >= 11 is 0. The van der Waals surface area contributed by atoms with Crippen LogP contribution in [-0.4, -0.2) is 21.2 Å². The summed E-state index contributed by atoms with van der Waals surface area (Å²) in [5.74, 6) is 0.680. The standard InChI is InChI=1S/C46H34N4/c1-2-12-31(13-3-1)44-38-20-4-6-22-40(38)45(41-23-7-5-21-39(41)44)34-16-9-17-35(27-34)46-49-42(28-43(50-46)37-19-11-25-48-30-37)33-15-8-14-32(26-33)36-18-10-24-47-29-36/h1-2,4-9,11-12,14-17,19-30H,3,10,13,18H2. The van der Waals surface area contributed by atoms with Crippen LogP contribution in [-0.2, 0) is 0 Å². The molecule has 4 heteroatoms. The van der Waals surface area contributed by atoms with E-state index in [-0.39, 0.29) is 0 Å². The minimum absolute atomic E-state index is 0.680. The van der Waals surface area contributed by atoms with Gasteiger partial charge in [-0.15, -0.1) is 0 Å². The predicted molar refractivity (Wildman–Crippen MR) is 209 cm³/mol. The van der Waals surface area contributed by atoms with E-state index in [4.69, 9.17) is 9.97 Å². The zero-order valence-electron chi connectivity index (χ0n) is 27.6. The Morgan fingerprint density at radius 3 is 1.82 bits per heavy atom. The average Bonchev–Trinajstić information content (AvgIpc) is 3.21. The van der Waals surface area contributed by atoms with Gasteiger partial charge in [-0.25, -0.2) is 9.97 Å². The SMILES string of the molecule is C1=CCCC(c2c3ccccc3c(-c3cccc(-c4nc(-c5cccnc5)cc(-c5cccc(C6=CN=CCC6)c5)n4)c3)c3ccccc23)=C1. The van der Waals surface area contributed by atoms with Crippen molar-refractivity contribution in [2.45, 2.75) is 25.7 Å². The Kier molecular flexibility index (Phi) is 7.75. The molecule has 0 N–H and O–H groups in total. The summed E-state index contributed by atoms with van der Waals surface area (Å²) in [7, 11) is 0. The highest BCUT2D eigenvalue weighted by Crippen LogP contribution is 2.44. The number of pyridine rings is 1. The molecule has 50 heavy (non-hydrogen) atoms. The maximum absolute atomic E-state index is 5.23. The monoisotopic (exact) mass is 642 g/mol. The van der Waals surface area contributed by atoms with E-state index in [1.165, 1.54) is 49.4 Å². The predicted octanol–water partition coefficient (Wildman–Crippen LogP) is 11.8. The summed E-state index contributed by atoms with van der Waals surface area (Å²) in [4.78, 5) is 19.2. The summed E-state index contributed by atoms with van der Waals surface area (Å²) in [6.07, 6.45) is 18.4. The van der Waals surface area contributed by atoms with Gasteiger partial charge in [0.1, 0.15) is 0 Å². The molecule has 2 aliphatic rings. The van der Waals surface area contributed by atoms with Gasteiger partial charge in [0.25, 0.3) is 0 Å². The Labute approximate surface area is 292 Å². The second-order valence-corrected chi connectivity index (χ2v) is 12.9. The smallest absolute Gasteiger partial charge is 0.160 e. The van der Waals surface area contributed by atoms with Crippen molar-refractivity contribution < 1.29 is 0 Å². The van der Waals surface area contributed by atoms with Gasteiger partial charge < -0.3 is 0 Å². The zero-order chi connectivity index (χ0) is 33.3. The average molecular weight is 643 g/mol. The Bertz CT molecular complexity index is 2480. The highest BCUT2D eigenvalue weighted by Gasteiger charge is 2.19. The number of aromatic nitrogens is 3. The lowest BCUT2D eigenvalue weighted by Crippen LogP contribution is -1.98. The molecule has 0 bridgehead atoms. The van der Waals surface area contributed by atoms with E-state index in [9.17, 15) is 0 Å². The summed E-state index contributed by atoms with van der Waals surface area (Å²) in [5, 5.41) is 5.06. The fourth-order valence-corrected chi connectivity index (χ4v) is 7.40. The molecule has 0 atom stereocenters. The summed E-state index contributed by atoms with van der Waals surface area (Å²) in [5.41, 5.74) is 12.2. The first kappa shape index (κ1) is 29.8. The van der Waals surface area contributed by atoms with Crippen LogP contribution in [0.25, 0.3) is 77.7 Å². The van der Waals surface area contributed by atoms with E-state index in [2.05, 4.69) is 137 Å². The molecule has 0 spiro atoms. The third kappa shape index (κ3) is 5.55. The van der Waals surface area contributed by atoms with E-state index in [1.54, 1.807) is 6.20 Å². The van der Waals surface area contributed by atoms with Crippen molar-refractivity contribution in [1.82, 2.24) is 15.0 Å². The number of aliphatic imine (C=N–C) groups is 1. The Morgan fingerprint density at radius 2 is 1.14 bits per heavy atom. The lowest BCUT2D eigenvalue weighted by Gasteiger charge is -2.20. The maximum atomic E-state index is 5.23. The third-order valence-electron chi connectivity index (χ3n) is 9.77. The van der Waals surface area contributed by atoms with Crippen LogP contribution in [0.5, 0.6) is 0 Å². The number of rotatable bonds is 6. The molecule has 5 aromatic carbocycles. The van der Waals surface area contributed by atoms with Gasteiger partial charge in [0, 0.05) is 41.5 Å². The molecule has 7 aromatic rings. The first-order chi connectivity index (χ1) is 24.8. The molecule has 1 aliphatic heterocycles. The van der Waals surface area contributed by atoms with Crippen LogP contribution in [0.1, 0.15) is 36.8 Å². The summed E-state index contributed by atoms with van der Waals surface area (Å²) in [6, 6.07) is 41.1. The van der Waals surface area contributed by atoms with E-state index in [0.717, 1.165) is 59.3 Å². The van der Waals surface area contributed by atoms with Crippen molar-refractivity contribution in [2.24, 2.45) is 4.99 Å². The molecular weight excluding hydrogens is 609 g/mol. The number of allylic oxidation sites excluding steroid dienone is 5. The topological polar surface area (TPSA) is 51.0 Å². The second-order valence-electron chi connectivity index (χ2n) is 12.9. The van der Waals surface area contributed by atoms with Gasteiger partial charge in [-0.05, 0) is 111 Å². The van der Waals surface area contributed by atoms with Crippen molar-refractivity contribution in [3.63, 3.8) is 0 Å². The van der Waals surface area contributed by atoms with E-state index >= 15 is 0 Å². The second kappa shape index (κ2) is 13.0. The lowest BCUT2D eigenvalue weighted by atomic mass is 9.84. The molecule has 0 fully saturated rings. The quantitative estimate of drug-likeness (QED) is 0.170. The lowest BCUT2D eigenvalue weighted by molar-refractivity contribution is 1.06. The van der Waals surface area contributed by atoms with Crippen LogP contribution < -0.4 is 0 Å². The normalized spacial score (nSPS) is 14.2. The summed E-state index contributed by atoms with van der Waals surface area (Å²) in [6.45, 7) is 0. The minimum Gasteiger partial charge on any atom is -0.269 e. The van der Waals surface area contributed by atoms with Gasteiger partial charge in [-0.1, -0.05) is 103 Å². The number of hydrogen-bond donors (Lipinski definition) is 0. The fourth-order valence-electron chi connectivity index (χ4n) is 7.40. The van der Waals surface area contributed by atoms with Gasteiger partial charge in [-0.2, -0.15) is 0 Å². The number of benzene rings is 5. The number of hydrogen-bond acceptors (Lipinski definition) is 4. The van der Waals surface area contributed by atoms with Gasteiger partial charge >= 0.3 is 0 Å². The molecule has 0 saturated carbocycles. The van der Waals surface area contributed by atoms with Crippen LogP contribution in [0.4, 0.5) is 0 Å². The van der Waals surface area contributed by atoms with Crippen LogP contribution in [0.3, 0.4) is 0 Å². The third-order valence-corrected chi connectivity index (χ3v) is 9.77. The first-order valence-corrected chi connectivity index (χ1v) is 17.3. The van der Waals surface area contributed by atoms with Crippen LogP contribution in [0.15, 0.2) is 157 Å². The van der Waals surface area contributed by atoms with Gasteiger partial charge in [0.15, 0.2) is 5.82 Å². The first-order valence-electron chi connectivity index (χ1n) is 17.3. The zero-order valence-corrected chi connectivity index (χ0v) is 27.6. The van der Waals surface area contributed by atoms with E-state index in [0.29, 0.717) is 5.82 Å². The molecule has 1 aliphatic carbocycles. The summed E-state index contributed by atoms with van der Waals surface area (Å²) < 4.78 is 0. The van der Waals surface area contributed by atoms with Crippen LogP contribution in [0.2, 0.25) is 0 Å². The number of fused-ring (bicyclic) bond motifs is 2. The largest absolute Gasteiger partial charge is 0.269 e. The minimum atomic E-state index is 0.680. The number of nitrogens with zero attached hydrogens (tertiary/aromatic N) is 4. The molecule has 0 saturated heterocycles. The molecule has 0 unspecified atom stereocenters. The highest BCUT2D eigenvalue weighted by atomic mass is 14.9. The van der Waals surface area contributed by atoms with Crippen LogP contribution >= 0.6 is 0 Å². The molecule has 2 aromatic heterocycles. The Balaban J connectivity index is 1.23. The molecule has 3 heterocycles. The maximum Gasteiger partial charge on any atom is 0.160 e. The molecule has 0 radical (unpaired) electrons. The Hall–Kier alpha value is -6.26. The fraction of sp³-hybridized carbons (Fsp3) is 0.0870. The van der Waals surface area contributed by atoms with Gasteiger partial charge in [0.05, 0.1) is 11.4 Å². The molecule has 0 amide bonds. The van der Waals surface area contributed by atoms with Crippen molar-refractivity contribution in [3.05, 3.63) is 163 Å². The molecule has 9 rings (SSSR count). The van der Waals surface area contributed by atoms with Crippen molar-refractivity contribution in [3.8, 4) is 45.0 Å². The Morgan fingerprint density at radius 1 is 0.500 bits per heavy atom. The van der Waals surface area contributed by atoms with Crippen molar-refractivity contribution >= 4 is 38.9 Å². The van der Waals surface area contributed by atoms with Gasteiger partial charge in [0.2, 0.25) is 0 Å². The van der Waals surface area contributed by atoms with Crippen molar-refractivity contribution in [1.29, 1.82) is 0 Å². The highest BCUT2D eigenvalue weighted by molar-refractivity contribution is 6.19. The van der Waals surface area contributed by atoms with Crippen molar-refractivity contribution in [2.75, 3.05) is 0 Å². The van der Waals surface area contributed by atoms with E-state index in [1.807, 2.05) is 24.7 Å². The molecule has 4 nitrogen and oxygen atoms in total. The van der Waals surface area contributed by atoms with E-state index < -0.39 is 0 Å². The molecule has 238 valence electrons. The van der Waals surface area contributed by atoms with Crippen LogP contribution in [0, 0.1) is 0 Å².